The van der Waals surface area contributed by atoms with Crippen molar-refractivity contribution in [1.82, 2.24) is 4.90 Å². The van der Waals surface area contributed by atoms with Crippen LogP contribution in [0.2, 0.25) is 0 Å². The molecule has 1 aromatic carbocycles. The molecule has 0 aliphatic rings. The van der Waals surface area contributed by atoms with Crippen LogP contribution < -0.4 is 5.32 Å². The monoisotopic (exact) mass is 314 g/mol. The van der Waals surface area contributed by atoms with Crippen molar-refractivity contribution in [3.63, 3.8) is 0 Å². The van der Waals surface area contributed by atoms with Crippen LogP contribution in [-0.2, 0) is 0 Å². The molecule has 0 unspecified atom stereocenters. The molecule has 5 nitrogen and oxygen atoms in total. The molecule has 0 fully saturated rings. The Balaban J connectivity index is 2.89. The van der Waals surface area contributed by atoms with E-state index in [-0.39, 0.29) is 17.6 Å². The molecule has 0 saturated carbocycles. The molecule has 6 heteroatoms. The molecule has 1 aromatic rings. The number of anilines is 1. The van der Waals surface area contributed by atoms with E-state index in [4.69, 9.17) is 5.11 Å². The van der Waals surface area contributed by atoms with Gasteiger partial charge in [-0.2, -0.15) is 0 Å². The van der Waals surface area contributed by atoms with Gasteiger partial charge in [0.05, 0.1) is 5.56 Å². The predicted molar refractivity (Wildman–Crippen MR) is 73.0 cm³/mol. The maximum atomic E-state index is 11.8. The number of carboxylic acids is 1. The van der Waals surface area contributed by atoms with Crippen LogP contribution >= 0.6 is 15.9 Å². The standard InChI is InChI=1S/C12H15BrN2O3/c1-7(2)15(3)12(18)14-8-4-5-10(13)9(6-8)11(16)17/h4-7H,1-3H3,(H,14,18)(H,16,17). The minimum atomic E-state index is -1.05. The molecular weight excluding hydrogens is 300 g/mol. The van der Waals surface area contributed by atoms with Crippen LogP contribution in [-0.4, -0.2) is 35.1 Å². The van der Waals surface area contributed by atoms with E-state index in [0.29, 0.717) is 10.2 Å². The van der Waals surface area contributed by atoms with Crippen LogP contribution in [0.4, 0.5) is 10.5 Å². The number of hydrogen-bond donors (Lipinski definition) is 2. The Hall–Kier alpha value is -1.56. The number of nitrogens with zero attached hydrogens (tertiary/aromatic N) is 1. The number of carbonyl (C=O) groups is 2. The van der Waals surface area contributed by atoms with Gasteiger partial charge in [0.1, 0.15) is 0 Å². The van der Waals surface area contributed by atoms with E-state index >= 15 is 0 Å². The fourth-order valence-corrected chi connectivity index (χ4v) is 1.63. The summed E-state index contributed by atoms with van der Waals surface area (Å²) >= 11 is 3.15. The fourth-order valence-electron chi connectivity index (χ4n) is 1.21. The molecule has 0 radical (unpaired) electrons. The summed E-state index contributed by atoms with van der Waals surface area (Å²) in [6.07, 6.45) is 0. The van der Waals surface area contributed by atoms with Gasteiger partial charge in [-0.15, -0.1) is 0 Å². The molecule has 0 aliphatic carbocycles. The highest BCUT2D eigenvalue weighted by Gasteiger charge is 2.14. The van der Waals surface area contributed by atoms with Crippen LogP contribution in [0.5, 0.6) is 0 Å². The molecule has 1 rings (SSSR count). The van der Waals surface area contributed by atoms with Crippen LogP contribution in [0.25, 0.3) is 0 Å². The Morgan fingerprint density at radius 2 is 2.00 bits per heavy atom. The SMILES string of the molecule is CC(C)N(C)C(=O)Nc1ccc(Br)c(C(=O)O)c1. The van der Waals surface area contributed by atoms with Gasteiger partial charge < -0.3 is 15.3 Å². The van der Waals surface area contributed by atoms with Crippen LogP contribution in [0.3, 0.4) is 0 Å². The molecule has 2 N–H and O–H groups in total. The van der Waals surface area contributed by atoms with Crippen LogP contribution in [0.1, 0.15) is 24.2 Å². The topological polar surface area (TPSA) is 69.6 Å². The molecular formula is C12H15BrN2O3. The Morgan fingerprint density at radius 3 is 2.50 bits per heavy atom. The summed E-state index contributed by atoms with van der Waals surface area (Å²) in [4.78, 5) is 24.3. The lowest BCUT2D eigenvalue weighted by Crippen LogP contribution is -2.36. The lowest BCUT2D eigenvalue weighted by molar-refractivity contribution is 0.0696. The van der Waals surface area contributed by atoms with E-state index in [0.717, 1.165) is 0 Å². The normalized spacial score (nSPS) is 10.3. The van der Waals surface area contributed by atoms with Gasteiger partial charge in [0, 0.05) is 23.2 Å². The lowest BCUT2D eigenvalue weighted by atomic mass is 10.2. The zero-order valence-electron chi connectivity index (χ0n) is 10.4. The zero-order chi connectivity index (χ0) is 13.9. The first-order valence-corrected chi connectivity index (χ1v) is 6.19. The highest BCUT2D eigenvalue weighted by molar-refractivity contribution is 9.10. The summed E-state index contributed by atoms with van der Waals surface area (Å²) in [6, 6.07) is 4.44. The minimum Gasteiger partial charge on any atom is -0.478 e. The number of urea groups is 1. The molecule has 0 atom stereocenters. The van der Waals surface area contributed by atoms with E-state index in [9.17, 15) is 9.59 Å². The van der Waals surface area contributed by atoms with Gasteiger partial charge in [-0.05, 0) is 48.0 Å². The first-order valence-electron chi connectivity index (χ1n) is 5.39. The highest BCUT2D eigenvalue weighted by atomic mass is 79.9. The van der Waals surface area contributed by atoms with Crippen molar-refractivity contribution < 1.29 is 14.7 Å². The Kier molecular flexibility index (Phi) is 4.72. The molecule has 0 spiro atoms. The number of benzene rings is 1. The number of nitrogens with one attached hydrogen (secondary N) is 1. The third-order valence-corrected chi connectivity index (χ3v) is 3.23. The van der Waals surface area contributed by atoms with Crippen molar-refractivity contribution in [1.29, 1.82) is 0 Å². The number of amides is 2. The van der Waals surface area contributed by atoms with Gasteiger partial charge in [-0.25, -0.2) is 9.59 Å². The number of carbonyl (C=O) groups excluding carboxylic acids is 1. The van der Waals surface area contributed by atoms with Gasteiger partial charge in [0.2, 0.25) is 0 Å². The first kappa shape index (κ1) is 14.5. The number of halogens is 1. The third kappa shape index (κ3) is 3.46. The van der Waals surface area contributed by atoms with Gasteiger partial charge in [0.15, 0.2) is 0 Å². The zero-order valence-corrected chi connectivity index (χ0v) is 12.0. The molecule has 18 heavy (non-hydrogen) atoms. The van der Waals surface area contributed by atoms with E-state index in [1.807, 2.05) is 13.8 Å². The Labute approximate surface area is 114 Å². The fraction of sp³-hybridized carbons (Fsp3) is 0.333. The molecule has 98 valence electrons. The van der Waals surface area contributed by atoms with Crippen molar-refractivity contribution in [3.05, 3.63) is 28.2 Å². The van der Waals surface area contributed by atoms with Crippen molar-refractivity contribution in [3.8, 4) is 0 Å². The number of hydrogen-bond acceptors (Lipinski definition) is 2. The number of carboxylic acid groups (broad SMARTS) is 1. The smallest absolute Gasteiger partial charge is 0.336 e. The van der Waals surface area contributed by atoms with Crippen molar-refractivity contribution >= 4 is 33.6 Å². The number of aromatic carboxylic acids is 1. The van der Waals surface area contributed by atoms with Gasteiger partial charge in [-0.1, -0.05) is 0 Å². The van der Waals surface area contributed by atoms with Gasteiger partial charge in [0.25, 0.3) is 0 Å². The number of rotatable bonds is 3. The van der Waals surface area contributed by atoms with E-state index in [1.54, 1.807) is 19.2 Å². The summed E-state index contributed by atoms with van der Waals surface area (Å²) < 4.78 is 0.477. The summed E-state index contributed by atoms with van der Waals surface area (Å²) in [5, 5.41) is 11.6. The van der Waals surface area contributed by atoms with Crippen molar-refractivity contribution in [2.75, 3.05) is 12.4 Å². The summed E-state index contributed by atoms with van der Waals surface area (Å²) in [7, 11) is 1.68. The second kappa shape index (κ2) is 5.86. The van der Waals surface area contributed by atoms with E-state index in [2.05, 4.69) is 21.2 Å². The average molecular weight is 315 g/mol. The summed E-state index contributed by atoms with van der Waals surface area (Å²) in [6.45, 7) is 3.79. The first-order chi connectivity index (χ1) is 8.32. The molecule has 0 heterocycles. The minimum absolute atomic E-state index is 0.0689. The maximum Gasteiger partial charge on any atom is 0.336 e. The summed E-state index contributed by atoms with van der Waals surface area (Å²) in [5.74, 6) is -1.05. The van der Waals surface area contributed by atoms with Crippen LogP contribution in [0, 0.1) is 0 Å². The van der Waals surface area contributed by atoms with Crippen LogP contribution in [0.15, 0.2) is 22.7 Å². The molecule has 2 amide bonds. The molecule has 0 bridgehead atoms. The molecule has 0 saturated heterocycles. The van der Waals surface area contributed by atoms with Crippen molar-refractivity contribution in [2.24, 2.45) is 0 Å². The molecule has 0 aliphatic heterocycles. The quantitative estimate of drug-likeness (QED) is 0.901. The van der Waals surface area contributed by atoms with E-state index in [1.165, 1.54) is 11.0 Å². The maximum absolute atomic E-state index is 11.8. The Bertz CT molecular complexity index is 474. The summed E-state index contributed by atoms with van der Waals surface area (Å²) in [5.41, 5.74) is 0.563. The Morgan fingerprint density at radius 1 is 1.39 bits per heavy atom. The van der Waals surface area contributed by atoms with Gasteiger partial charge >= 0.3 is 12.0 Å². The van der Waals surface area contributed by atoms with Crippen molar-refractivity contribution in [2.45, 2.75) is 19.9 Å². The van der Waals surface area contributed by atoms with E-state index < -0.39 is 5.97 Å². The molecule has 0 aromatic heterocycles. The van der Waals surface area contributed by atoms with Gasteiger partial charge in [-0.3, -0.25) is 0 Å². The third-order valence-electron chi connectivity index (χ3n) is 2.54. The highest BCUT2D eigenvalue weighted by Crippen LogP contribution is 2.21. The average Bonchev–Trinajstić information content (AvgIpc) is 2.29. The predicted octanol–water partition coefficient (Wildman–Crippen LogP) is 3.02. The largest absolute Gasteiger partial charge is 0.478 e. The second-order valence-corrected chi connectivity index (χ2v) is 4.99. The second-order valence-electron chi connectivity index (χ2n) is 4.13. The lowest BCUT2D eigenvalue weighted by Gasteiger charge is -2.22.